The number of hydrogen-bond acceptors (Lipinski definition) is 2. The second-order valence-corrected chi connectivity index (χ2v) is 6.22. The second-order valence-electron chi connectivity index (χ2n) is 6.22. The number of nitrogens with one attached hydrogen (secondary N) is 2. The van der Waals surface area contributed by atoms with Gasteiger partial charge in [0.05, 0.1) is 6.42 Å². The minimum absolute atomic E-state index is 0.116. The third-order valence-corrected chi connectivity index (χ3v) is 4.80. The smallest absolute Gasteiger partial charge is 0.228 e. The van der Waals surface area contributed by atoms with Gasteiger partial charge in [-0.2, -0.15) is 0 Å². The molecule has 1 fully saturated rings. The van der Waals surface area contributed by atoms with Crippen molar-refractivity contribution in [3.05, 3.63) is 29.3 Å². The van der Waals surface area contributed by atoms with Crippen LogP contribution in [0.2, 0.25) is 0 Å². The van der Waals surface area contributed by atoms with Crippen molar-refractivity contribution in [3.8, 4) is 0 Å². The normalized spacial score (nSPS) is 20.6. The van der Waals surface area contributed by atoms with E-state index in [0.29, 0.717) is 12.5 Å². The summed E-state index contributed by atoms with van der Waals surface area (Å²) in [5, 5.41) is 6.37. The molecule has 0 bridgehead atoms. The first-order chi connectivity index (χ1) is 9.76. The molecule has 108 valence electrons. The van der Waals surface area contributed by atoms with Crippen LogP contribution in [0.1, 0.15) is 55.7 Å². The summed E-state index contributed by atoms with van der Waals surface area (Å²) in [7, 11) is 2.05. The average Bonchev–Trinajstić information content (AvgIpc) is 2.85. The second kappa shape index (κ2) is 5.96. The van der Waals surface area contributed by atoms with Crippen molar-refractivity contribution < 1.29 is 4.79 Å². The number of rotatable bonds is 4. The molecular weight excluding hydrogens is 248 g/mol. The van der Waals surface area contributed by atoms with E-state index in [2.05, 4.69) is 28.8 Å². The van der Waals surface area contributed by atoms with Gasteiger partial charge in [-0.05, 0) is 36.6 Å². The lowest BCUT2D eigenvalue weighted by Gasteiger charge is -2.27. The Balaban J connectivity index is 1.72. The number of amides is 1. The van der Waals surface area contributed by atoms with Crippen LogP contribution in [0, 0.1) is 5.92 Å². The summed E-state index contributed by atoms with van der Waals surface area (Å²) in [4.78, 5) is 11.4. The van der Waals surface area contributed by atoms with Crippen LogP contribution in [0.15, 0.2) is 18.2 Å². The third-order valence-electron chi connectivity index (χ3n) is 4.80. The highest BCUT2D eigenvalue weighted by atomic mass is 16.1. The van der Waals surface area contributed by atoms with Gasteiger partial charge >= 0.3 is 0 Å². The molecule has 0 radical (unpaired) electrons. The highest BCUT2D eigenvalue weighted by molar-refractivity contribution is 5.99. The molecule has 0 spiro atoms. The topological polar surface area (TPSA) is 41.1 Å². The van der Waals surface area contributed by atoms with E-state index in [0.717, 1.165) is 17.2 Å². The Bertz CT molecular complexity index is 492. The van der Waals surface area contributed by atoms with Gasteiger partial charge in [0.25, 0.3) is 0 Å². The average molecular weight is 272 g/mol. The van der Waals surface area contributed by atoms with Gasteiger partial charge < -0.3 is 10.6 Å². The van der Waals surface area contributed by atoms with Crippen molar-refractivity contribution in [1.29, 1.82) is 0 Å². The Morgan fingerprint density at radius 3 is 2.85 bits per heavy atom. The molecule has 0 saturated heterocycles. The van der Waals surface area contributed by atoms with Crippen LogP contribution in [0.3, 0.4) is 0 Å². The van der Waals surface area contributed by atoms with Gasteiger partial charge in [-0.25, -0.2) is 0 Å². The van der Waals surface area contributed by atoms with Crippen LogP contribution in [0.25, 0.3) is 0 Å². The molecule has 1 aliphatic carbocycles. The maximum atomic E-state index is 11.4. The zero-order valence-electron chi connectivity index (χ0n) is 12.2. The summed E-state index contributed by atoms with van der Waals surface area (Å²) in [5.41, 5.74) is 3.47. The summed E-state index contributed by atoms with van der Waals surface area (Å²) in [6.45, 7) is 0. The summed E-state index contributed by atoms with van der Waals surface area (Å²) < 4.78 is 0. The lowest BCUT2D eigenvalue weighted by molar-refractivity contribution is -0.115. The SMILES string of the molecule is CNC(CC1CCCCC1)c1ccc2c(c1)CC(=O)N2. The molecule has 3 rings (SSSR count). The predicted octanol–water partition coefficient (Wildman–Crippen LogP) is 3.41. The van der Waals surface area contributed by atoms with E-state index in [4.69, 9.17) is 0 Å². The monoisotopic (exact) mass is 272 g/mol. The Morgan fingerprint density at radius 1 is 1.30 bits per heavy atom. The number of anilines is 1. The van der Waals surface area contributed by atoms with Gasteiger partial charge in [0.15, 0.2) is 0 Å². The molecule has 1 aromatic carbocycles. The third kappa shape index (κ3) is 2.88. The number of fused-ring (bicyclic) bond motifs is 1. The van der Waals surface area contributed by atoms with Crippen LogP contribution < -0.4 is 10.6 Å². The fourth-order valence-electron chi connectivity index (χ4n) is 3.64. The van der Waals surface area contributed by atoms with Gasteiger partial charge in [0.2, 0.25) is 5.91 Å². The quantitative estimate of drug-likeness (QED) is 0.882. The predicted molar refractivity (Wildman–Crippen MR) is 81.8 cm³/mol. The zero-order valence-corrected chi connectivity index (χ0v) is 12.2. The van der Waals surface area contributed by atoms with Crippen molar-refractivity contribution in [2.45, 2.75) is 51.0 Å². The molecule has 1 heterocycles. The van der Waals surface area contributed by atoms with Crippen LogP contribution >= 0.6 is 0 Å². The highest BCUT2D eigenvalue weighted by Crippen LogP contribution is 2.33. The molecule has 1 unspecified atom stereocenters. The van der Waals surface area contributed by atoms with E-state index in [-0.39, 0.29) is 5.91 Å². The van der Waals surface area contributed by atoms with E-state index >= 15 is 0 Å². The maximum Gasteiger partial charge on any atom is 0.228 e. The fourth-order valence-corrected chi connectivity index (χ4v) is 3.64. The summed E-state index contributed by atoms with van der Waals surface area (Å²) >= 11 is 0. The van der Waals surface area contributed by atoms with Gasteiger partial charge in [-0.1, -0.05) is 44.2 Å². The largest absolute Gasteiger partial charge is 0.326 e. The molecule has 1 saturated carbocycles. The van der Waals surface area contributed by atoms with Crippen LogP contribution in [0.5, 0.6) is 0 Å². The summed E-state index contributed by atoms with van der Waals surface area (Å²) in [5.74, 6) is 0.972. The molecule has 1 aromatic rings. The fraction of sp³-hybridized carbons (Fsp3) is 0.588. The molecule has 3 nitrogen and oxygen atoms in total. The first-order valence-electron chi connectivity index (χ1n) is 7.86. The molecule has 20 heavy (non-hydrogen) atoms. The molecule has 2 aliphatic rings. The Morgan fingerprint density at radius 2 is 2.10 bits per heavy atom. The Hall–Kier alpha value is -1.35. The van der Waals surface area contributed by atoms with Gasteiger partial charge in [-0.15, -0.1) is 0 Å². The molecule has 0 aromatic heterocycles. The standard InChI is InChI=1S/C17H24N2O/c1-18-16(9-12-5-3-2-4-6-12)13-7-8-15-14(10-13)11-17(20)19-15/h7-8,10,12,16,18H,2-6,9,11H2,1H3,(H,19,20). The van der Waals surface area contributed by atoms with Crippen molar-refractivity contribution in [3.63, 3.8) is 0 Å². The maximum absolute atomic E-state index is 11.4. The van der Waals surface area contributed by atoms with Crippen LogP contribution in [0.4, 0.5) is 5.69 Å². The first kappa shape index (κ1) is 13.6. The van der Waals surface area contributed by atoms with Gasteiger partial charge in [0.1, 0.15) is 0 Å². The van der Waals surface area contributed by atoms with Crippen molar-refractivity contribution >= 4 is 11.6 Å². The van der Waals surface area contributed by atoms with E-state index in [1.165, 1.54) is 44.1 Å². The molecule has 2 N–H and O–H groups in total. The molecule has 1 atom stereocenters. The van der Waals surface area contributed by atoms with E-state index < -0.39 is 0 Å². The van der Waals surface area contributed by atoms with Crippen molar-refractivity contribution in [1.82, 2.24) is 5.32 Å². The first-order valence-corrected chi connectivity index (χ1v) is 7.86. The molecule has 3 heteroatoms. The van der Waals surface area contributed by atoms with E-state index in [1.54, 1.807) is 0 Å². The van der Waals surface area contributed by atoms with Gasteiger partial charge in [-0.3, -0.25) is 4.79 Å². The lowest BCUT2D eigenvalue weighted by Crippen LogP contribution is -2.21. The van der Waals surface area contributed by atoms with Gasteiger partial charge in [0, 0.05) is 11.7 Å². The Labute approximate surface area is 121 Å². The van der Waals surface area contributed by atoms with E-state index in [9.17, 15) is 4.79 Å². The molecule has 1 amide bonds. The minimum Gasteiger partial charge on any atom is -0.326 e. The zero-order chi connectivity index (χ0) is 13.9. The van der Waals surface area contributed by atoms with Crippen molar-refractivity contribution in [2.24, 2.45) is 5.92 Å². The number of hydrogen-bond donors (Lipinski definition) is 2. The van der Waals surface area contributed by atoms with Crippen molar-refractivity contribution in [2.75, 3.05) is 12.4 Å². The number of benzene rings is 1. The summed E-state index contributed by atoms with van der Waals surface area (Å²) in [6.07, 6.45) is 8.70. The van der Waals surface area contributed by atoms with Crippen LogP contribution in [-0.4, -0.2) is 13.0 Å². The number of carbonyl (C=O) groups is 1. The highest BCUT2D eigenvalue weighted by Gasteiger charge is 2.22. The molecular formula is C17H24N2O. The van der Waals surface area contributed by atoms with Crippen LogP contribution in [-0.2, 0) is 11.2 Å². The number of carbonyl (C=O) groups excluding carboxylic acids is 1. The Kier molecular flexibility index (Phi) is 4.06. The lowest BCUT2D eigenvalue weighted by atomic mass is 9.83. The summed E-state index contributed by atoms with van der Waals surface area (Å²) in [6, 6.07) is 6.84. The molecule has 1 aliphatic heterocycles. The van der Waals surface area contributed by atoms with E-state index in [1.807, 2.05) is 7.05 Å². The minimum atomic E-state index is 0.116.